The number of esters is 1. The molecule has 2 nitrogen and oxygen atoms in total. The van der Waals surface area contributed by atoms with E-state index in [0.29, 0.717) is 5.75 Å². The van der Waals surface area contributed by atoms with Crippen LogP contribution in [-0.4, -0.2) is 5.97 Å². The molecule has 0 saturated carbocycles. The monoisotopic (exact) mass is 240 g/mol. The van der Waals surface area contributed by atoms with E-state index in [4.69, 9.17) is 4.74 Å². The van der Waals surface area contributed by atoms with Gasteiger partial charge in [0.15, 0.2) is 0 Å². The van der Waals surface area contributed by atoms with Crippen molar-refractivity contribution in [3.05, 3.63) is 34.8 Å². The molecule has 0 spiro atoms. The predicted octanol–water partition coefficient (Wildman–Crippen LogP) is 3.02. The number of carbonyl (C=O) groups is 1. The summed E-state index contributed by atoms with van der Waals surface area (Å²) >= 11 is 3.30. The van der Waals surface area contributed by atoms with Crippen molar-refractivity contribution in [2.45, 2.75) is 6.92 Å². The van der Waals surface area contributed by atoms with Crippen LogP contribution in [0.15, 0.2) is 29.3 Å². The van der Waals surface area contributed by atoms with Crippen molar-refractivity contribution in [2.75, 3.05) is 0 Å². The fourth-order valence-corrected chi connectivity index (χ4v) is 1.42. The third-order valence-corrected chi connectivity index (χ3v) is 1.85. The molecule has 1 aromatic carbocycles. The van der Waals surface area contributed by atoms with E-state index in [2.05, 4.69) is 22.5 Å². The van der Waals surface area contributed by atoms with Crippen molar-refractivity contribution in [1.29, 1.82) is 0 Å². The zero-order valence-corrected chi connectivity index (χ0v) is 8.80. The molecule has 13 heavy (non-hydrogen) atoms. The normalized spacial score (nSPS) is 9.38. The molecule has 0 heterocycles. The van der Waals surface area contributed by atoms with Crippen molar-refractivity contribution in [1.82, 2.24) is 0 Å². The Bertz CT molecular complexity index is 345. The highest BCUT2D eigenvalue weighted by Crippen LogP contribution is 2.22. The molecule has 0 bridgehead atoms. The summed E-state index contributed by atoms with van der Waals surface area (Å²) in [5.74, 6) is 0.199. The first-order valence-electron chi connectivity index (χ1n) is 3.73. The summed E-state index contributed by atoms with van der Waals surface area (Å²) in [5.41, 5.74) is 0.908. The van der Waals surface area contributed by atoms with Crippen LogP contribution in [0.2, 0.25) is 0 Å². The van der Waals surface area contributed by atoms with Crippen LogP contribution in [0.4, 0.5) is 0 Å². The molecule has 0 unspecified atom stereocenters. The van der Waals surface area contributed by atoms with Crippen LogP contribution >= 0.6 is 15.9 Å². The van der Waals surface area contributed by atoms with Gasteiger partial charge in [0, 0.05) is 11.4 Å². The highest BCUT2D eigenvalue weighted by Gasteiger charge is 2.00. The summed E-state index contributed by atoms with van der Waals surface area (Å²) in [6.45, 7) is 5.00. The molecule has 0 aliphatic heterocycles. The molecule has 0 aromatic heterocycles. The molecule has 0 saturated heterocycles. The fraction of sp³-hybridized carbons (Fsp3) is 0.100. The molecule has 0 N–H and O–H groups in total. The molecule has 0 atom stereocenters. The molecule has 1 rings (SSSR count). The minimum Gasteiger partial charge on any atom is -0.427 e. The first-order valence-corrected chi connectivity index (χ1v) is 4.52. The Hall–Kier alpha value is -1.09. The van der Waals surface area contributed by atoms with Gasteiger partial charge in [0.05, 0.1) is 0 Å². The molecule has 0 aliphatic rings. The largest absolute Gasteiger partial charge is 0.427 e. The third-order valence-electron chi connectivity index (χ3n) is 1.39. The molecule has 0 fully saturated rings. The first kappa shape index (κ1) is 9.99. The summed E-state index contributed by atoms with van der Waals surface area (Å²) in [6, 6.07) is 5.37. The third kappa shape index (κ3) is 3.03. The van der Waals surface area contributed by atoms with Gasteiger partial charge in [0.2, 0.25) is 0 Å². The second-order valence-corrected chi connectivity index (χ2v) is 3.43. The van der Waals surface area contributed by atoms with E-state index >= 15 is 0 Å². The van der Waals surface area contributed by atoms with E-state index in [0.717, 1.165) is 10.0 Å². The lowest BCUT2D eigenvalue weighted by Crippen LogP contribution is -2.01. The van der Waals surface area contributed by atoms with Gasteiger partial charge in [-0.1, -0.05) is 28.6 Å². The van der Waals surface area contributed by atoms with Gasteiger partial charge >= 0.3 is 5.97 Å². The number of hydrogen-bond donors (Lipinski definition) is 0. The minimum absolute atomic E-state index is 0.326. The Morgan fingerprint density at radius 3 is 2.77 bits per heavy atom. The van der Waals surface area contributed by atoms with Crippen molar-refractivity contribution in [2.24, 2.45) is 0 Å². The quantitative estimate of drug-likeness (QED) is 0.587. The molecule has 0 amide bonds. The standard InChI is InChI=1S/C10H9BrO2/c1-3-8-4-9(11)6-10(5-8)13-7(2)12/h3-6H,1H2,2H3. The van der Waals surface area contributed by atoms with E-state index in [1.54, 1.807) is 18.2 Å². The average Bonchev–Trinajstić information content (AvgIpc) is 2.01. The highest BCUT2D eigenvalue weighted by atomic mass is 79.9. The minimum atomic E-state index is -0.326. The number of benzene rings is 1. The van der Waals surface area contributed by atoms with E-state index < -0.39 is 0 Å². The molecular formula is C10H9BrO2. The second-order valence-electron chi connectivity index (χ2n) is 2.52. The fourth-order valence-electron chi connectivity index (χ4n) is 0.927. The molecule has 3 heteroatoms. The Labute approximate surface area is 85.3 Å². The smallest absolute Gasteiger partial charge is 0.308 e. The van der Waals surface area contributed by atoms with Gasteiger partial charge in [0.25, 0.3) is 0 Å². The van der Waals surface area contributed by atoms with E-state index in [1.165, 1.54) is 6.92 Å². The Kier molecular flexibility index (Phi) is 3.25. The van der Waals surface area contributed by atoms with Gasteiger partial charge in [-0.15, -0.1) is 0 Å². The summed E-state index contributed by atoms with van der Waals surface area (Å²) < 4.78 is 5.78. The number of rotatable bonds is 2. The molecule has 0 aliphatic carbocycles. The summed E-state index contributed by atoms with van der Waals surface area (Å²) in [6.07, 6.45) is 1.69. The van der Waals surface area contributed by atoms with E-state index in [9.17, 15) is 4.79 Å². The number of hydrogen-bond acceptors (Lipinski definition) is 2. The average molecular weight is 241 g/mol. The van der Waals surface area contributed by atoms with Crippen LogP contribution in [0.5, 0.6) is 5.75 Å². The maximum absolute atomic E-state index is 10.7. The topological polar surface area (TPSA) is 26.3 Å². The highest BCUT2D eigenvalue weighted by molar-refractivity contribution is 9.10. The van der Waals surface area contributed by atoms with Gasteiger partial charge in [-0.3, -0.25) is 4.79 Å². The molecular weight excluding hydrogens is 232 g/mol. The Balaban J connectivity index is 3.01. The predicted molar refractivity (Wildman–Crippen MR) is 55.5 cm³/mol. The van der Waals surface area contributed by atoms with Gasteiger partial charge in [-0.2, -0.15) is 0 Å². The molecule has 68 valence electrons. The Morgan fingerprint density at radius 2 is 2.23 bits per heavy atom. The number of ether oxygens (including phenoxy) is 1. The number of carbonyl (C=O) groups excluding carboxylic acids is 1. The lowest BCUT2D eigenvalue weighted by molar-refractivity contribution is -0.131. The van der Waals surface area contributed by atoms with Gasteiger partial charge < -0.3 is 4.74 Å². The maximum atomic E-state index is 10.7. The Morgan fingerprint density at radius 1 is 1.54 bits per heavy atom. The van der Waals surface area contributed by atoms with Crippen molar-refractivity contribution >= 4 is 28.0 Å². The van der Waals surface area contributed by atoms with E-state index in [-0.39, 0.29) is 5.97 Å². The van der Waals surface area contributed by atoms with Crippen LogP contribution < -0.4 is 4.74 Å². The van der Waals surface area contributed by atoms with Crippen molar-refractivity contribution in [3.63, 3.8) is 0 Å². The zero-order valence-electron chi connectivity index (χ0n) is 7.21. The van der Waals surface area contributed by atoms with Crippen LogP contribution in [0, 0.1) is 0 Å². The molecule has 0 radical (unpaired) electrons. The van der Waals surface area contributed by atoms with Crippen molar-refractivity contribution < 1.29 is 9.53 Å². The lowest BCUT2D eigenvalue weighted by atomic mass is 10.2. The summed E-state index contributed by atoms with van der Waals surface area (Å²) in [7, 11) is 0. The molecule has 1 aromatic rings. The first-order chi connectivity index (χ1) is 6.11. The van der Waals surface area contributed by atoms with Crippen LogP contribution in [0.3, 0.4) is 0 Å². The van der Waals surface area contributed by atoms with E-state index in [1.807, 2.05) is 6.07 Å². The second kappa shape index (κ2) is 4.23. The summed E-state index contributed by atoms with van der Waals surface area (Å²) in [4.78, 5) is 10.7. The van der Waals surface area contributed by atoms with Gasteiger partial charge in [-0.05, 0) is 23.8 Å². The summed E-state index contributed by atoms with van der Waals surface area (Å²) in [5, 5.41) is 0. The maximum Gasteiger partial charge on any atom is 0.308 e. The van der Waals surface area contributed by atoms with Crippen LogP contribution in [0.1, 0.15) is 12.5 Å². The van der Waals surface area contributed by atoms with Gasteiger partial charge in [0.1, 0.15) is 5.75 Å². The van der Waals surface area contributed by atoms with Crippen LogP contribution in [-0.2, 0) is 4.79 Å². The SMILES string of the molecule is C=Cc1cc(Br)cc(OC(C)=O)c1. The lowest BCUT2D eigenvalue weighted by Gasteiger charge is -2.03. The zero-order chi connectivity index (χ0) is 9.84. The van der Waals surface area contributed by atoms with Crippen molar-refractivity contribution in [3.8, 4) is 5.75 Å². The van der Waals surface area contributed by atoms with Gasteiger partial charge in [-0.25, -0.2) is 0 Å². The van der Waals surface area contributed by atoms with Crippen LogP contribution in [0.25, 0.3) is 6.08 Å². The number of halogens is 1.